The minimum atomic E-state index is -0.269. The molecule has 0 aliphatic carbocycles. The number of aryl methyl sites for hydroxylation is 1. The van der Waals surface area contributed by atoms with Gasteiger partial charge in [0.05, 0.1) is 11.0 Å². The molecular weight excluding hydrogens is 266 g/mol. The monoisotopic (exact) mass is 289 g/mol. The van der Waals surface area contributed by atoms with Gasteiger partial charge in [0, 0.05) is 26.7 Å². The summed E-state index contributed by atoms with van der Waals surface area (Å²) in [6.07, 6.45) is 1.62. The van der Waals surface area contributed by atoms with Crippen molar-refractivity contribution in [2.75, 3.05) is 20.3 Å². The smallest absolute Gasteiger partial charge is 0.242 e. The highest BCUT2D eigenvalue weighted by molar-refractivity contribution is 5.84. The number of nitrogens with zero attached hydrogens (tertiary/aromatic N) is 2. The summed E-state index contributed by atoms with van der Waals surface area (Å²) in [5.41, 5.74) is 1.95. The Bertz CT molecular complexity index is 607. The van der Waals surface area contributed by atoms with Crippen LogP contribution in [0.3, 0.4) is 0 Å². The Hall–Kier alpha value is -1.88. The van der Waals surface area contributed by atoms with Crippen LogP contribution in [-0.4, -0.2) is 35.7 Å². The highest BCUT2D eigenvalue weighted by Crippen LogP contribution is 2.21. The van der Waals surface area contributed by atoms with Crippen LogP contribution in [0.15, 0.2) is 24.3 Å². The van der Waals surface area contributed by atoms with E-state index in [9.17, 15) is 4.79 Å². The molecule has 1 aromatic carbocycles. The lowest BCUT2D eigenvalue weighted by molar-refractivity contribution is -0.123. The maximum Gasteiger partial charge on any atom is 0.242 e. The molecule has 1 unspecified atom stereocenters. The molecular formula is C16H23N3O2. The number of ether oxygens (including phenoxy) is 1. The van der Waals surface area contributed by atoms with Gasteiger partial charge in [-0.1, -0.05) is 19.1 Å². The molecule has 1 aromatic heterocycles. The molecule has 0 fully saturated rings. The van der Waals surface area contributed by atoms with Gasteiger partial charge in [-0.15, -0.1) is 0 Å². The van der Waals surface area contributed by atoms with Crippen molar-refractivity contribution in [3.05, 3.63) is 30.1 Å². The number of benzene rings is 1. The van der Waals surface area contributed by atoms with Crippen LogP contribution in [0.1, 0.15) is 32.1 Å². The standard InChI is InChI=1S/C16H23N3O2/c1-4-15-18-13-8-5-6-9-14(13)19(15)12(2)16(20)17-10-7-11-21-3/h5-6,8-9,12H,4,7,10-11H2,1-3H3,(H,17,20). The third-order valence-electron chi connectivity index (χ3n) is 3.58. The van der Waals surface area contributed by atoms with Gasteiger partial charge in [0.25, 0.3) is 0 Å². The van der Waals surface area contributed by atoms with Gasteiger partial charge in [0.15, 0.2) is 0 Å². The third-order valence-corrected chi connectivity index (χ3v) is 3.58. The second kappa shape index (κ2) is 7.22. The average Bonchev–Trinajstić information content (AvgIpc) is 2.89. The van der Waals surface area contributed by atoms with E-state index >= 15 is 0 Å². The van der Waals surface area contributed by atoms with E-state index in [1.54, 1.807) is 7.11 Å². The van der Waals surface area contributed by atoms with E-state index < -0.39 is 0 Å². The van der Waals surface area contributed by atoms with Crippen molar-refractivity contribution in [3.63, 3.8) is 0 Å². The van der Waals surface area contributed by atoms with Gasteiger partial charge < -0.3 is 14.6 Å². The predicted molar refractivity (Wildman–Crippen MR) is 83.3 cm³/mol. The molecule has 2 rings (SSSR count). The number of para-hydroxylation sites is 2. The van der Waals surface area contributed by atoms with Gasteiger partial charge in [-0.25, -0.2) is 4.98 Å². The summed E-state index contributed by atoms with van der Waals surface area (Å²) in [5.74, 6) is 0.958. The van der Waals surface area contributed by atoms with Crippen LogP contribution >= 0.6 is 0 Å². The molecule has 5 nitrogen and oxygen atoms in total. The second-order valence-corrected chi connectivity index (χ2v) is 5.05. The lowest BCUT2D eigenvalue weighted by atomic mass is 10.2. The fourth-order valence-corrected chi connectivity index (χ4v) is 2.47. The fraction of sp³-hybridized carbons (Fsp3) is 0.500. The number of imidazole rings is 1. The van der Waals surface area contributed by atoms with E-state index in [0.717, 1.165) is 29.7 Å². The number of carbonyl (C=O) groups excluding carboxylic acids is 1. The summed E-state index contributed by atoms with van der Waals surface area (Å²) in [6.45, 7) is 5.26. The number of rotatable bonds is 7. The molecule has 1 atom stereocenters. The molecule has 1 heterocycles. The fourth-order valence-electron chi connectivity index (χ4n) is 2.47. The van der Waals surface area contributed by atoms with E-state index in [0.29, 0.717) is 13.2 Å². The Labute approximate surface area is 125 Å². The summed E-state index contributed by atoms with van der Waals surface area (Å²) in [4.78, 5) is 16.9. The molecule has 0 saturated carbocycles. The molecule has 1 N–H and O–H groups in total. The largest absolute Gasteiger partial charge is 0.385 e. The number of methoxy groups -OCH3 is 1. The van der Waals surface area contributed by atoms with E-state index in [1.807, 2.05) is 35.8 Å². The molecule has 5 heteroatoms. The van der Waals surface area contributed by atoms with Crippen molar-refractivity contribution in [1.29, 1.82) is 0 Å². The summed E-state index contributed by atoms with van der Waals surface area (Å²) >= 11 is 0. The van der Waals surface area contributed by atoms with Gasteiger partial charge in [0.2, 0.25) is 5.91 Å². The van der Waals surface area contributed by atoms with Crippen LogP contribution in [0.5, 0.6) is 0 Å². The van der Waals surface area contributed by atoms with Crippen LogP contribution < -0.4 is 5.32 Å². The molecule has 0 bridgehead atoms. The maximum absolute atomic E-state index is 12.3. The van der Waals surface area contributed by atoms with Crippen LogP contribution in [0.4, 0.5) is 0 Å². The van der Waals surface area contributed by atoms with Crippen molar-refractivity contribution in [1.82, 2.24) is 14.9 Å². The Kier molecular flexibility index (Phi) is 5.33. The Morgan fingerprint density at radius 3 is 2.90 bits per heavy atom. The van der Waals surface area contributed by atoms with E-state index in [4.69, 9.17) is 4.74 Å². The first-order valence-electron chi connectivity index (χ1n) is 7.41. The van der Waals surface area contributed by atoms with Crippen molar-refractivity contribution in [2.24, 2.45) is 0 Å². The van der Waals surface area contributed by atoms with Crippen LogP contribution in [0.25, 0.3) is 11.0 Å². The normalized spacial score (nSPS) is 12.5. The zero-order valence-corrected chi connectivity index (χ0v) is 12.9. The van der Waals surface area contributed by atoms with Gasteiger partial charge in [-0.05, 0) is 25.5 Å². The van der Waals surface area contributed by atoms with Crippen molar-refractivity contribution < 1.29 is 9.53 Å². The van der Waals surface area contributed by atoms with E-state index in [2.05, 4.69) is 17.2 Å². The second-order valence-electron chi connectivity index (χ2n) is 5.05. The Balaban J connectivity index is 2.18. The number of nitrogens with one attached hydrogen (secondary N) is 1. The number of carbonyl (C=O) groups is 1. The molecule has 0 radical (unpaired) electrons. The van der Waals surface area contributed by atoms with E-state index in [1.165, 1.54) is 0 Å². The van der Waals surface area contributed by atoms with E-state index in [-0.39, 0.29) is 11.9 Å². The molecule has 0 spiro atoms. The van der Waals surface area contributed by atoms with Crippen LogP contribution in [-0.2, 0) is 16.0 Å². The lowest BCUT2D eigenvalue weighted by Gasteiger charge is -2.17. The van der Waals surface area contributed by atoms with Crippen molar-refractivity contribution in [3.8, 4) is 0 Å². The molecule has 0 aliphatic heterocycles. The number of hydrogen-bond donors (Lipinski definition) is 1. The summed E-state index contributed by atoms with van der Waals surface area (Å²) in [7, 11) is 1.66. The zero-order chi connectivity index (χ0) is 15.2. The Morgan fingerprint density at radius 1 is 1.43 bits per heavy atom. The summed E-state index contributed by atoms with van der Waals surface area (Å²) in [6, 6.07) is 7.66. The summed E-state index contributed by atoms with van der Waals surface area (Å²) < 4.78 is 7.01. The highest BCUT2D eigenvalue weighted by atomic mass is 16.5. The van der Waals surface area contributed by atoms with Crippen LogP contribution in [0.2, 0.25) is 0 Å². The third kappa shape index (κ3) is 3.42. The van der Waals surface area contributed by atoms with Crippen molar-refractivity contribution >= 4 is 16.9 Å². The quantitative estimate of drug-likeness (QED) is 0.796. The molecule has 114 valence electrons. The topological polar surface area (TPSA) is 56.2 Å². The first kappa shape index (κ1) is 15.5. The van der Waals surface area contributed by atoms with Gasteiger partial charge in [0.1, 0.15) is 11.9 Å². The maximum atomic E-state index is 12.3. The number of amides is 1. The molecule has 21 heavy (non-hydrogen) atoms. The van der Waals surface area contributed by atoms with Crippen molar-refractivity contribution in [2.45, 2.75) is 32.7 Å². The van der Waals surface area contributed by atoms with Gasteiger partial charge in [-0.2, -0.15) is 0 Å². The first-order chi connectivity index (χ1) is 10.2. The molecule has 0 aliphatic rings. The molecule has 1 amide bonds. The minimum absolute atomic E-state index is 0.0176. The lowest BCUT2D eigenvalue weighted by Crippen LogP contribution is -2.32. The predicted octanol–water partition coefficient (Wildman–Crippen LogP) is 2.31. The van der Waals surface area contributed by atoms with Gasteiger partial charge >= 0.3 is 0 Å². The number of aromatic nitrogens is 2. The highest BCUT2D eigenvalue weighted by Gasteiger charge is 2.20. The SMILES string of the molecule is CCc1nc2ccccc2n1C(C)C(=O)NCCCOC. The number of fused-ring (bicyclic) bond motifs is 1. The first-order valence-corrected chi connectivity index (χ1v) is 7.41. The average molecular weight is 289 g/mol. The zero-order valence-electron chi connectivity index (χ0n) is 12.9. The van der Waals surface area contributed by atoms with Gasteiger partial charge in [-0.3, -0.25) is 4.79 Å². The molecule has 0 saturated heterocycles. The Morgan fingerprint density at radius 2 is 2.19 bits per heavy atom. The minimum Gasteiger partial charge on any atom is -0.385 e. The molecule has 2 aromatic rings. The summed E-state index contributed by atoms with van der Waals surface area (Å²) in [5, 5.41) is 2.95. The number of hydrogen-bond acceptors (Lipinski definition) is 3. The van der Waals surface area contributed by atoms with Crippen LogP contribution in [0, 0.1) is 0 Å².